The van der Waals surface area contributed by atoms with Crippen molar-refractivity contribution in [3.05, 3.63) is 64.4 Å². The van der Waals surface area contributed by atoms with Gasteiger partial charge in [0, 0.05) is 5.02 Å². The van der Waals surface area contributed by atoms with Gasteiger partial charge in [-0.2, -0.15) is 0 Å². The van der Waals surface area contributed by atoms with Crippen molar-refractivity contribution >= 4 is 34.2 Å². The summed E-state index contributed by atoms with van der Waals surface area (Å²) in [6.45, 7) is 4.71. The highest BCUT2D eigenvalue weighted by atomic mass is 35.5. The van der Waals surface area contributed by atoms with E-state index in [1.807, 2.05) is 43.3 Å². The molecule has 1 unspecified atom stereocenters. The number of hydrogen-bond acceptors (Lipinski definition) is 1. The molecular weight excluding hydrogens is 303 g/mol. The third kappa shape index (κ3) is 2.66. The van der Waals surface area contributed by atoms with Gasteiger partial charge in [0.05, 0.1) is 23.0 Å². The standard InChI is InChI=1S/C17H16Cl2N2/c1-11-6-5-9-15-16(11)21(17(20-15)12(2)18)10-13-7-3-4-8-14(13)19/h3-9,12H,10H2,1-2H3. The van der Waals surface area contributed by atoms with Gasteiger partial charge in [0.1, 0.15) is 5.82 Å². The lowest BCUT2D eigenvalue weighted by molar-refractivity contribution is 0.741. The summed E-state index contributed by atoms with van der Waals surface area (Å²) in [5.41, 5.74) is 4.36. The number of fused-ring (bicyclic) bond motifs is 1. The third-order valence-corrected chi connectivity index (χ3v) is 4.20. The van der Waals surface area contributed by atoms with Crippen molar-refractivity contribution < 1.29 is 0 Å². The normalized spacial score (nSPS) is 12.8. The first kappa shape index (κ1) is 14.4. The van der Waals surface area contributed by atoms with Crippen LogP contribution >= 0.6 is 23.2 Å². The molecule has 21 heavy (non-hydrogen) atoms. The lowest BCUT2D eigenvalue weighted by Gasteiger charge is -2.13. The fraction of sp³-hybridized carbons (Fsp3) is 0.235. The molecule has 0 fully saturated rings. The second kappa shape index (κ2) is 5.70. The summed E-state index contributed by atoms with van der Waals surface area (Å²) >= 11 is 12.6. The van der Waals surface area contributed by atoms with Gasteiger partial charge >= 0.3 is 0 Å². The Labute approximate surface area is 134 Å². The molecule has 0 aliphatic carbocycles. The number of nitrogens with zero attached hydrogens (tertiary/aromatic N) is 2. The fourth-order valence-corrected chi connectivity index (χ4v) is 3.01. The molecule has 0 amide bonds. The number of aromatic nitrogens is 2. The van der Waals surface area contributed by atoms with Crippen LogP contribution in [0.1, 0.15) is 29.3 Å². The van der Waals surface area contributed by atoms with Crippen LogP contribution < -0.4 is 0 Å². The number of alkyl halides is 1. The van der Waals surface area contributed by atoms with E-state index in [4.69, 9.17) is 23.2 Å². The Kier molecular flexibility index (Phi) is 3.92. The van der Waals surface area contributed by atoms with Gasteiger partial charge in [-0.25, -0.2) is 4.98 Å². The molecule has 1 heterocycles. The van der Waals surface area contributed by atoms with Gasteiger partial charge < -0.3 is 4.57 Å². The number of para-hydroxylation sites is 1. The first-order valence-corrected chi connectivity index (χ1v) is 7.72. The zero-order chi connectivity index (χ0) is 15.0. The Balaban J connectivity index is 2.20. The first-order valence-electron chi connectivity index (χ1n) is 6.91. The van der Waals surface area contributed by atoms with E-state index >= 15 is 0 Å². The van der Waals surface area contributed by atoms with Crippen molar-refractivity contribution in [1.29, 1.82) is 0 Å². The van der Waals surface area contributed by atoms with Crippen molar-refractivity contribution in [3.63, 3.8) is 0 Å². The summed E-state index contributed by atoms with van der Waals surface area (Å²) in [5, 5.41) is 0.611. The van der Waals surface area contributed by atoms with Crippen LogP contribution in [-0.2, 0) is 6.54 Å². The predicted octanol–water partition coefficient (Wildman–Crippen LogP) is 5.35. The zero-order valence-corrected chi connectivity index (χ0v) is 13.5. The van der Waals surface area contributed by atoms with Gasteiger partial charge in [-0.15, -0.1) is 11.6 Å². The van der Waals surface area contributed by atoms with Crippen molar-refractivity contribution in [2.75, 3.05) is 0 Å². The second-order valence-electron chi connectivity index (χ2n) is 5.21. The monoisotopic (exact) mass is 318 g/mol. The highest BCUT2D eigenvalue weighted by molar-refractivity contribution is 6.31. The zero-order valence-electron chi connectivity index (χ0n) is 12.0. The van der Waals surface area contributed by atoms with Crippen LogP contribution in [0.5, 0.6) is 0 Å². The Morgan fingerprint density at radius 2 is 1.90 bits per heavy atom. The van der Waals surface area contributed by atoms with E-state index in [0.29, 0.717) is 6.54 Å². The van der Waals surface area contributed by atoms with E-state index < -0.39 is 0 Å². The largest absolute Gasteiger partial charge is 0.322 e. The molecule has 2 aromatic carbocycles. The minimum atomic E-state index is -0.153. The summed E-state index contributed by atoms with van der Waals surface area (Å²) < 4.78 is 2.17. The summed E-state index contributed by atoms with van der Waals surface area (Å²) in [6, 6.07) is 14.0. The van der Waals surface area contributed by atoms with Crippen LogP contribution in [0.3, 0.4) is 0 Å². The minimum absolute atomic E-state index is 0.153. The number of aryl methyl sites for hydroxylation is 1. The number of rotatable bonds is 3. The summed E-state index contributed by atoms with van der Waals surface area (Å²) in [6.07, 6.45) is 0. The minimum Gasteiger partial charge on any atom is -0.322 e. The predicted molar refractivity (Wildman–Crippen MR) is 89.3 cm³/mol. The highest BCUT2D eigenvalue weighted by Gasteiger charge is 2.17. The van der Waals surface area contributed by atoms with Crippen molar-refractivity contribution in [3.8, 4) is 0 Å². The van der Waals surface area contributed by atoms with Crippen LogP contribution in [0.2, 0.25) is 5.02 Å². The molecule has 1 aromatic heterocycles. The lowest BCUT2D eigenvalue weighted by atomic mass is 10.2. The average molecular weight is 319 g/mol. The molecule has 0 saturated heterocycles. The van der Waals surface area contributed by atoms with Crippen molar-refractivity contribution in [2.45, 2.75) is 25.8 Å². The quantitative estimate of drug-likeness (QED) is 0.595. The van der Waals surface area contributed by atoms with Crippen LogP contribution in [0.25, 0.3) is 11.0 Å². The fourth-order valence-electron chi connectivity index (χ4n) is 2.64. The molecular formula is C17H16Cl2N2. The maximum atomic E-state index is 6.32. The maximum Gasteiger partial charge on any atom is 0.128 e. The topological polar surface area (TPSA) is 17.8 Å². The lowest BCUT2D eigenvalue weighted by Crippen LogP contribution is -2.06. The summed E-state index contributed by atoms with van der Waals surface area (Å²) in [5.74, 6) is 0.876. The smallest absolute Gasteiger partial charge is 0.128 e. The molecule has 0 aliphatic heterocycles. The molecule has 0 saturated carbocycles. The molecule has 0 radical (unpaired) electrons. The number of imidazole rings is 1. The summed E-state index contributed by atoms with van der Waals surface area (Å²) in [4.78, 5) is 4.69. The van der Waals surface area contributed by atoms with E-state index in [1.165, 1.54) is 5.56 Å². The molecule has 1 atom stereocenters. The maximum absolute atomic E-state index is 6.32. The van der Waals surface area contributed by atoms with E-state index in [2.05, 4.69) is 22.5 Å². The SMILES string of the molecule is Cc1cccc2nc(C(C)Cl)n(Cc3ccccc3Cl)c12. The van der Waals surface area contributed by atoms with Gasteiger partial charge in [0.2, 0.25) is 0 Å². The number of hydrogen-bond donors (Lipinski definition) is 0. The van der Waals surface area contributed by atoms with Crippen LogP contribution in [0, 0.1) is 6.92 Å². The molecule has 108 valence electrons. The van der Waals surface area contributed by atoms with E-state index in [1.54, 1.807) is 0 Å². The Hall–Kier alpha value is -1.51. The summed E-state index contributed by atoms with van der Waals surface area (Å²) in [7, 11) is 0. The van der Waals surface area contributed by atoms with Crippen LogP contribution in [0.4, 0.5) is 0 Å². The Morgan fingerprint density at radius 3 is 2.62 bits per heavy atom. The molecule has 2 nitrogen and oxygen atoms in total. The van der Waals surface area contributed by atoms with Gasteiger partial charge in [-0.05, 0) is 37.1 Å². The van der Waals surface area contributed by atoms with Crippen molar-refractivity contribution in [1.82, 2.24) is 9.55 Å². The van der Waals surface area contributed by atoms with Crippen LogP contribution in [0.15, 0.2) is 42.5 Å². The third-order valence-electron chi connectivity index (χ3n) is 3.64. The van der Waals surface area contributed by atoms with Gasteiger partial charge in [0.25, 0.3) is 0 Å². The van der Waals surface area contributed by atoms with Gasteiger partial charge in [-0.3, -0.25) is 0 Å². The first-order chi connectivity index (χ1) is 10.1. The molecule has 0 N–H and O–H groups in total. The molecule has 4 heteroatoms. The second-order valence-corrected chi connectivity index (χ2v) is 6.27. The average Bonchev–Trinajstić information content (AvgIpc) is 2.82. The molecule has 0 spiro atoms. The molecule has 0 bridgehead atoms. The highest BCUT2D eigenvalue weighted by Crippen LogP contribution is 2.28. The number of benzene rings is 2. The molecule has 0 aliphatic rings. The Bertz CT molecular complexity index is 791. The van der Waals surface area contributed by atoms with E-state index in [-0.39, 0.29) is 5.38 Å². The van der Waals surface area contributed by atoms with Crippen LogP contribution in [-0.4, -0.2) is 9.55 Å². The molecule has 3 aromatic rings. The van der Waals surface area contributed by atoms with Gasteiger partial charge in [0.15, 0.2) is 0 Å². The van der Waals surface area contributed by atoms with E-state index in [0.717, 1.165) is 27.4 Å². The van der Waals surface area contributed by atoms with Crippen molar-refractivity contribution in [2.24, 2.45) is 0 Å². The van der Waals surface area contributed by atoms with E-state index in [9.17, 15) is 0 Å². The Morgan fingerprint density at radius 1 is 1.14 bits per heavy atom. The number of halogens is 2. The van der Waals surface area contributed by atoms with Gasteiger partial charge in [-0.1, -0.05) is 41.9 Å². The molecule has 3 rings (SSSR count).